The largest absolute Gasteiger partial charge is 0.469 e. The Balaban J connectivity index is 4.73. The van der Waals surface area contributed by atoms with Crippen LogP contribution >= 0.6 is 0 Å². The van der Waals surface area contributed by atoms with Crippen LogP contribution in [0.2, 0.25) is 0 Å². The molecule has 0 aliphatic heterocycles. The topological polar surface area (TPSA) is 72.6 Å². The highest BCUT2D eigenvalue weighted by molar-refractivity contribution is 5.82. The van der Waals surface area contributed by atoms with E-state index in [1.807, 2.05) is 13.8 Å². The van der Waals surface area contributed by atoms with Crippen molar-refractivity contribution >= 4 is 11.9 Å². The number of alkyl halides is 3. The van der Waals surface area contributed by atoms with Gasteiger partial charge in [0.2, 0.25) is 5.91 Å². The Morgan fingerprint density at radius 2 is 1.85 bits per heavy atom. The van der Waals surface area contributed by atoms with Gasteiger partial charge in [0.25, 0.3) is 0 Å². The molecule has 1 amide bonds. The fourth-order valence-electron chi connectivity index (χ4n) is 1.66. The van der Waals surface area contributed by atoms with Crippen LogP contribution in [0.1, 0.15) is 26.7 Å². The summed E-state index contributed by atoms with van der Waals surface area (Å²) in [6.07, 6.45) is -4.55. The number of rotatable bonds is 7. The molecule has 5 nitrogen and oxygen atoms in total. The lowest BCUT2D eigenvalue weighted by Crippen LogP contribution is -2.48. The molecule has 0 bridgehead atoms. The summed E-state index contributed by atoms with van der Waals surface area (Å²) < 4.78 is 41.7. The average molecular weight is 298 g/mol. The second kappa shape index (κ2) is 8.08. The number of nitrogens with zero attached hydrogens (tertiary/aromatic N) is 1. The smallest absolute Gasteiger partial charge is 0.406 e. The molecule has 0 saturated carbocycles. The van der Waals surface area contributed by atoms with Crippen LogP contribution in [0.4, 0.5) is 13.2 Å². The van der Waals surface area contributed by atoms with Crippen LogP contribution in [0.15, 0.2) is 0 Å². The number of carbonyl (C=O) groups is 2. The number of ether oxygens (including phenoxy) is 1. The molecule has 0 saturated heterocycles. The molecule has 0 rings (SSSR count). The third-order valence-electron chi connectivity index (χ3n) is 2.54. The van der Waals surface area contributed by atoms with E-state index in [4.69, 9.17) is 5.73 Å². The summed E-state index contributed by atoms with van der Waals surface area (Å²) in [4.78, 5) is 23.4. The van der Waals surface area contributed by atoms with Crippen LogP contribution in [0.3, 0.4) is 0 Å². The third kappa shape index (κ3) is 7.98. The molecule has 0 spiro atoms. The lowest BCUT2D eigenvalue weighted by molar-refractivity contribution is -0.163. The van der Waals surface area contributed by atoms with Crippen molar-refractivity contribution in [1.29, 1.82) is 0 Å². The van der Waals surface area contributed by atoms with Crippen molar-refractivity contribution in [3.05, 3.63) is 0 Å². The van der Waals surface area contributed by atoms with Gasteiger partial charge in [-0.25, -0.2) is 0 Å². The fourth-order valence-corrected chi connectivity index (χ4v) is 1.66. The Kier molecular flexibility index (Phi) is 7.55. The molecule has 1 atom stereocenters. The monoisotopic (exact) mass is 298 g/mol. The first-order valence-electron chi connectivity index (χ1n) is 6.24. The van der Waals surface area contributed by atoms with Gasteiger partial charge in [-0.05, 0) is 12.3 Å². The number of hydrogen-bond acceptors (Lipinski definition) is 4. The lowest BCUT2D eigenvalue weighted by Gasteiger charge is -2.27. The summed E-state index contributed by atoms with van der Waals surface area (Å²) in [5, 5.41) is 0. The average Bonchev–Trinajstić information content (AvgIpc) is 2.30. The minimum Gasteiger partial charge on any atom is -0.469 e. The predicted molar refractivity (Wildman–Crippen MR) is 66.7 cm³/mol. The zero-order chi connectivity index (χ0) is 15.9. The molecule has 8 heteroatoms. The molecule has 0 heterocycles. The SMILES string of the molecule is COC(=O)CCN(CC(F)(F)F)C(=O)[C@@H](N)CC(C)C. The van der Waals surface area contributed by atoms with Crippen molar-refractivity contribution < 1.29 is 27.5 Å². The van der Waals surface area contributed by atoms with E-state index in [1.54, 1.807) is 0 Å². The number of carbonyl (C=O) groups excluding carboxylic acids is 2. The highest BCUT2D eigenvalue weighted by Crippen LogP contribution is 2.18. The van der Waals surface area contributed by atoms with E-state index in [1.165, 1.54) is 0 Å². The van der Waals surface area contributed by atoms with Gasteiger partial charge in [0.05, 0.1) is 19.6 Å². The van der Waals surface area contributed by atoms with E-state index in [9.17, 15) is 22.8 Å². The maximum Gasteiger partial charge on any atom is 0.406 e. The van der Waals surface area contributed by atoms with Crippen molar-refractivity contribution in [3.8, 4) is 0 Å². The van der Waals surface area contributed by atoms with Gasteiger partial charge in [0.1, 0.15) is 6.54 Å². The summed E-state index contributed by atoms with van der Waals surface area (Å²) in [5.74, 6) is -1.40. The molecule has 0 aromatic carbocycles. The molecule has 0 unspecified atom stereocenters. The molecule has 2 N–H and O–H groups in total. The standard InChI is InChI=1S/C12H21F3N2O3/c1-8(2)6-9(16)11(19)17(7-12(13,14)15)5-4-10(18)20-3/h8-9H,4-7,16H2,1-3H3/t9-/m0/s1. The normalized spacial score (nSPS) is 13.2. The van der Waals surface area contributed by atoms with Crippen molar-refractivity contribution in [3.63, 3.8) is 0 Å². The second-order valence-corrected chi connectivity index (χ2v) is 4.94. The molecule has 0 aliphatic rings. The molecule has 118 valence electrons. The zero-order valence-corrected chi connectivity index (χ0v) is 11.9. The van der Waals surface area contributed by atoms with Crippen LogP contribution in [-0.4, -0.2) is 49.2 Å². The maximum atomic E-state index is 12.4. The first-order chi connectivity index (χ1) is 9.06. The summed E-state index contributed by atoms with van der Waals surface area (Å²) in [7, 11) is 1.13. The minimum atomic E-state index is -4.54. The second-order valence-electron chi connectivity index (χ2n) is 4.94. The molecule has 0 aliphatic carbocycles. The maximum absolute atomic E-state index is 12.4. The Morgan fingerprint density at radius 3 is 2.25 bits per heavy atom. The Bertz CT molecular complexity index is 332. The summed E-state index contributed by atoms with van der Waals surface area (Å²) in [6, 6.07) is -1.00. The summed E-state index contributed by atoms with van der Waals surface area (Å²) >= 11 is 0. The summed E-state index contributed by atoms with van der Waals surface area (Å²) in [5.41, 5.74) is 5.60. The Morgan fingerprint density at radius 1 is 1.30 bits per heavy atom. The van der Waals surface area contributed by atoms with Gasteiger partial charge >= 0.3 is 12.1 Å². The highest BCUT2D eigenvalue weighted by atomic mass is 19.4. The molecule has 0 radical (unpaired) electrons. The minimum absolute atomic E-state index is 0.0855. The molecular weight excluding hydrogens is 277 g/mol. The van der Waals surface area contributed by atoms with Gasteiger partial charge in [-0.1, -0.05) is 13.8 Å². The zero-order valence-electron chi connectivity index (χ0n) is 11.9. The Labute approximate surface area is 116 Å². The van der Waals surface area contributed by atoms with E-state index < -0.39 is 30.6 Å². The van der Waals surface area contributed by atoms with Gasteiger partial charge in [-0.3, -0.25) is 9.59 Å². The van der Waals surface area contributed by atoms with Gasteiger partial charge in [-0.2, -0.15) is 13.2 Å². The van der Waals surface area contributed by atoms with Crippen LogP contribution < -0.4 is 5.73 Å². The van der Waals surface area contributed by atoms with Crippen LogP contribution in [0, 0.1) is 5.92 Å². The molecular formula is C12H21F3N2O3. The first-order valence-corrected chi connectivity index (χ1v) is 6.24. The van der Waals surface area contributed by atoms with Crippen LogP contribution in [0.25, 0.3) is 0 Å². The Hall–Kier alpha value is -1.31. The van der Waals surface area contributed by atoms with Gasteiger partial charge < -0.3 is 15.4 Å². The number of nitrogens with two attached hydrogens (primary N) is 1. The quantitative estimate of drug-likeness (QED) is 0.719. The highest BCUT2D eigenvalue weighted by Gasteiger charge is 2.34. The number of esters is 1. The van der Waals surface area contributed by atoms with E-state index >= 15 is 0 Å². The van der Waals surface area contributed by atoms with Crippen molar-refractivity contribution in [2.24, 2.45) is 11.7 Å². The molecule has 0 aromatic rings. The van der Waals surface area contributed by atoms with Gasteiger partial charge in [0.15, 0.2) is 0 Å². The lowest BCUT2D eigenvalue weighted by atomic mass is 10.0. The number of hydrogen-bond donors (Lipinski definition) is 1. The van der Waals surface area contributed by atoms with E-state index in [0.29, 0.717) is 4.90 Å². The van der Waals surface area contributed by atoms with Crippen LogP contribution in [0.5, 0.6) is 0 Å². The van der Waals surface area contributed by atoms with Gasteiger partial charge in [0, 0.05) is 6.54 Å². The number of amides is 1. The van der Waals surface area contributed by atoms with Crippen molar-refractivity contribution in [2.45, 2.75) is 38.9 Å². The molecule has 0 fully saturated rings. The molecule has 0 aromatic heterocycles. The number of halogens is 3. The van der Waals surface area contributed by atoms with Gasteiger partial charge in [-0.15, -0.1) is 0 Å². The fraction of sp³-hybridized carbons (Fsp3) is 0.833. The third-order valence-corrected chi connectivity index (χ3v) is 2.54. The van der Waals surface area contributed by atoms with E-state index in [0.717, 1.165) is 7.11 Å². The molecule has 20 heavy (non-hydrogen) atoms. The summed E-state index contributed by atoms with van der Waals surface area (Å²) in [6.45, 7) is 1.84. The van der Waals surface area contributed by atoms with Crippen LogP contribution in [-0.2, 0) is 14.3 Å². The van der Waals surface area contributed by atoms with Crippen molar-refractivity contribution in [2.75, 3.05) is 20.2 Å². The number of methoxy groups -OCH3 is 1. The van der Waals surface area contributed by atoms with Crippen molar-refractivity contribution in [1.82, 2.24) is 4.90 Å². The van der Waals surface area contributed by atoms with E-state index in [-0.39, 0.29) is 25.3 Å². The predicted octanol–water partition coefficient (Wildman–Crippen LogP) is 1.31. The van der Waals surface area contributed by atoms with E-state index in [2.05, 4.69) is 4.74 Å². The first kappa shape index (κ1) is 18.7.